The summed E-state index contributed by atoms with van der Waals surface area (Å²) in [6.07, 6.45) is 4.82. The molecular formula is C25H26N4O3. The van der Waals surface area contributed by atoms with E-state index in [-0.39, 0.29) is 16.9 Å². The second-order valence-corrected chi connectivity index (χ2v) is 8.71. The van der Waals surface area contributed by atoms with Crippen LogP contribution < -0.4 is 10.3 Å². The molecule has 2 aromatic heterocycles. The maximum Gasteiger partial charge on any atom is 0.257 e. The molecule has 1 aromatic carbocycles. The van der Waals surface area contributed by atoms with Gasteiger partial charge in [-0.15, -0.1) is 0 Å². The zero-order valence-electron chi connectivity index (χ0n) is 18.4. The molecule has 3 heterocycles. The maximum absolute atomic E-state index is 13.2. The van der Waals surface area contributed by atoms with Gasteiger partial charge in [0.2, 0.25) is 0 Å². The van der Waals surface area contributed by atoms with Crippen LogP contribution in [0.4, 0.5) is 0 Å². The van der Waals surface area contributed by atoms with Gasteiger partial charge in [0.1, 0.15) is 11.6 Å². The number of H-pyrrole nitrogens is 1. The minimum atomic E-state index is -0.151. The van der Waals surface area contributed by atoms with Crippen molar-refractivity contribution in [3.8, 4) is 17.1 Å². The van der Waals surface area contributed by atoms with Crippen molar-refractivity contribution in [3.63, 3.8) is 0 Å². The van der Waals surface area contributed by atoms with Gasteiger partial charge in [-0.1, -0.05) is 30.3 Å². The molecule has 164 valence electrons. The third kappa shape index (κ3) is 3.38. The molecule has 1 aliphatic heterocycles. The monoisotopic (exact) mass is 430 g/mol. The third-order valence-corrected chi connectivity index (χ3v) is 6.88. The zero-order valence-corrected chi connectivity index (χ0v) is 18.4. The summed E-state index contributed by atoms with van der Waals surface area (Å²) in [4.78, 5) is 40.0. The number of aromatic nitrogens is 3. The van der Waals surface area contributed by atoms with E-state index in [2.05, 4.69) is 9.97 Å². The molecule has 1 spiro atoms. The van der Waals surface area contributed by atoms with Crippen molar-refractivity contribution in [2.45, 2.75) is 38.0 Å². The van der Waals surface area contributed by atoms with Crippen LogP contribution in [0.15, 0.2) is 47.4 Å². The molecule has 1 saturated heterocycles. The number of fused-ring (bicyclic) bond motifs is 2. The van der Waals surface area contributed by atoms with Gasteiger partial charge < -0.3 is 14.6 Å². The predicted molar refractivity (Wildman–Crippen MR) is 121 cm³/mol. The van der Waals surface area contributed by atoms with Crippen molar-refractivity contribution in [1.29, 1.82) is 0 Å². The molecule has 1 aliphatic carbocycles. The summed E-state index contributed by atoms with van der Waals surface area (Å²) in [7, 11) is 1.55. The van der Waals surface area contributed by atoms with Gasteiger partial charge in [0.05, 0.1) is 24.6 Å². The van der Waals surface area contributed by atoms with E-state index in [0.717, 1.165) is 48.2 Å². The number of nitrogens with zero attached hydrogens (tertiary/aromatic N) is 3. The number of carbonyl (C=O) groups excluding carboxylic acids is 1. The molecule has 32 heavy (non-hydrogen) atoms. The van der Waals surface area contributed by atoms with Crippen molar-refractivity contribution in [2.24, 2.45) is 0 Å². The number of hydrogen-bond donors (Lipinski definition) is 1. The molecule has 1 fully saturated rings. The first-order valence-corrected chi connectivity index (χ1v) is 11.0. The van der Waals surface area contributed by atoms with Crippen LogP contribution in [0.25, 0.3) is 11.4 Å². The normalized spacial score (nSPS) is 16.8. The van der Waals surface area contributed by atoms with Crippen molar-refractivity contribution >= 4 is 5.91 Å². The van der Waals surface area contributed by atoms with Crippen molar-refractivity contribution in [1.82, 2.24) is 19.9 Å². The minimum absolute atomic E-state index is 0.0377. The first-order valence-electron chi connectivity index (χ1n) is 11.0. The van der Waals surface area contributed by atoms with E-state index >= 15 is 0 Å². The Labute approximate surface area is 186 Å². The molecule has 2 aliphatic rings. The van der Waals surface area contributed by atoms with Crippen LogP contribution in [0.5, 0.6) is 5.75 Å². The summed E-state index contributed by atoms with van der Waals surface area (Å²) < 4.78 is 5.36. The molecule has 5 rings (SSSR count). The van der Waals surface area contributed by atoms with E-state index < -0.39 is 0 Å². The summed E-state index contributed by atoms with van der Waals surface area (Å²) in [6, 6.07) is 11.5. The number of rotatable bonds is 3. The van der Waals surface area contributed by atoms with Crippen LogP contribution in [0.1, 0.15) is 46.6 Å². The molecule has 7 heteroatoms. The highest BCUT2D eigenvalue weighted by Gasteiger charge is 2.45. The molecule has 1 N–H and O–H groups in total. The van der Waals surface area contributed by atoms with Crippen molar-refractivity contribution < 1.29 is 9.53 Å². The Bertz CT molecular complexity index is 1230. The highest BCUT2D eigenvalue weighted by Crippen LogP contribution is 2.45. The summed E-state index contributed by atoms with van der Waals surface area (Å²) in [5.41, 5.74) is 3.76. The lowest BCUT2D eigenvalue weighted by molar-refractivity contribution is 0.0660. The fourth-order valence-electron chi connectivity index (χ4n) is 5.06. The Morgan fingerprint density at radius 1 is 1.16 bits per heavy atom. The lowest BCUT2D eigenvalue weighted by Crippen LogP contribution is -2.45. The largest absolute Gasteiger partial charge is 0.494 e. The Morgan fingerprint density at radius 2 is 1.91 bits per heavy atom. The predicted octanol–water partition coefficient (Wildman–Crippen LogP) is 3.27. The number of amides is 1. The molecule has 0 unspecified atom stereocenters. The number of carbonyl (C=O) groups is 1. The number of nitrogens with one attached hydrogen (secondary N) is 1. The van der Waals surface area contributed by atoms with Crippen LogP contribution in [0, 0.1) is 6.92 Å². The number of hydrogen-bond acceptors (Lipinski definition) is 5. The summed E-state index contributed by atoms with van der Waals surface area (Å²) in [5.74, 6) is 1.07. The van der Waals surface area contributed by atoms with Crippen molar-refractivity contribution in [2.75, 3.05) is 20.2 Å². The lowest BCUT2D eigenvalue weighted by Gasteiger charge is -2.39. The van der Waals surface area contributed by atoms with Crippen LogP contribution in [-0.4, -0.2) is 46.0 Å². The Morgan fingerprint density at radius 3 is 2.62 bits per heavy atom. The van der Waals surface area contributed by atoms with Gasteiger partial charge in [0, 0.05) is 35.3 Å². The molecule has 0 bridgehead atoms. The Hall–Kier alpha value is -3.48. The van der Waals surface area contributed by atoms with Gasteiger partial charge in [-0.3, -0.25) is 14.6 Å². The van der Waals surface area contributed by atoms with Gasteiger partial charge in [0.15, 0.2) is 0 Å². The lowest BCUT2D eigenvalue weighted by atomic mass is 9.76. The highest BCUT2D eigenvalue weighted by atomic mass is 16.5. The number of aromatic amines is 1. The van der Waals surface area contributed by atoms with Gasteiger partial charge >= 0.3 is 0 Å². The number of pyridine rings is 1. The fourth-order valence-corrected chi connectivity index (χ4v) is 5.06. The molecule has 1 amide bonds. The summed E-state index contributed by atoms with van der Waals surface area (Å²) >= 11 is 0. The molecule has 7 nitrogen and oxygen atoms in total. The van der Waals surface area contributed by atoms with E-state index in [1.165, 1.54) is 0 Å². The molecule has 3 aromatic rings. The fraction of sp³-hybridized carbons (Fsp3) is 0.360. The number of aryl methyl sites for hydroxylation is 1. The highest BCUT2D eigenvalue weighted by molar-refractivity contribution is 5.97. The summed E-state index contributed by atoms with van der Waals surface area (Å²) in [6.45, 7) is 3.11. The van der Waals surface area contributed by atoms with E-state index in [4.69, 9.17) is 9.72 Å². The van der Waals surface area contributed by atoms with Gasteiger partial charge in [0.25, 0.3) is 11.5 Å². The molecule has 0 atom stereocenters. The van der Waals surface area contributed by atoms with E-state index in [0.29, 0.717) is 30.2 Å². The minimum Gasteiger partial charge on any atom is -0.494 e. The second-order valence-electron chi connectivity index (χ2n) is 8.71. The van der Waals surface area contributed by atoms with E-state index in [9.17, 15) is 9.59 Å². The zero-order chi connectivity index (χ0) is 22.3. The van der Waals surface area contributed by atoms with Crippen LogP contribution in [0.2, 0.25) is 0 Å². The summed E-state index contributed by atoms with van der Waals surface area (Å²) in [5, 5.41) is 0. The van der Waals surface area contributed by atoms with Crippen molar-refractivity contribution in [3.05, 3.63) is 75.5 Å². The van der Waals surface area contributed by atoms with Crippen LogP contribution >= 0.6 is 0 Å². The molecule has 0 radical (unpaired) electrons. The smallest absolute Gasteiger partial charge is 0.257 e. The average Bonchev–Trinajstić information content (AvgIpc) is 3.18. The molecule has 0 saturated carbocycles. The SMILES string of the molecule is COc1cnc(C)cc1C(=O)N1CCC2(CCc3c2nc(-c2ccccc2)[nH]c3=O)CC1. The maximum atomic E-state index is 13.2. The number of likely N-dealkylation sites (tertiary alicyclic amines) is 1. The number of piperidine rings is 1. The Kier molecular flexibility index (Phi) is 5.04. The Balaban J connectivity index is 1.42. The van der Waals surface area contributed by atoms with Crippen LogP contribution in [0.3, 0.4) is 0 Å². The molecular weight excluding hydrogens is 404 g/mol. The third-order valence-electron chi connectivity index (χ3n) is 6.88. The number of benzene rings is 1. The first-order chi connectivity index (χ1) is 15.5. The van der Waals surface area contributed by atoms with Gasteiger partial charge in [-0.05, 0) is 38.7 Å². The topological polar surface area (TPSA) is 88.2 Å². The van der Waals surface area contributed by atoms with Gasteiger partial charge in [-0.2, -0.15) is 0 Å². The first kappa shape index (κ1) is 20.4. The van der Waals surface area contributed by atoms with E-state index in [1.807, 2.05) is 42.2 Å². The van der Waals surface area contributed by atoms with Gasteiger partial charge in [-0.25, -0.2) is 4.98 Å². The second kappa shape index (κ2) is 7.89. The standard InChI is InChI=1S/C25H26N4O3/c1-16-14-19(20(32-2)15-26-16)24(31)29-12-10-25(11-13-29)9-8-18-21(25)27-22(28-23(18)30)17-6-4-3-5-7-17/h3-7,14-15H,8-13H2,1-2H3,(H,27,28,30). The average molecular weight is 431 g/mol. The van der Waals surface area contributed by atoms with Crippen LogP contribution in [-0.2, 0) is 11.8 Å². The van der Waals surface area contributed by atoms with E-state index in [1.54, 1.807) is 19.4 Å². The number of ether oxygens (including phenoxy) is 1. The number of methoxy groups -OCH3 is 1. The quantitative estimate of drug-likeness (QED) is 0.689.